The molecule has 4 nitrogen and oxygen atoms in total. The van der Waals surface area contributed by atoms with Crippen LogP contribution in [0.1, 0.15) is 26.7 Å². The smallest absolute Gasteiger partial charge is 0.190 e. The average molecular weight is 289 g/mol. The van der Waals surface area contributed by atoms with Crippen LogP contribution in [-0.2, 0) is 4.79 Å². The highest BCUT2D eigenvalue weighted by molar-refractivity contribution is 7.99. The van der Waals surface area contributed by atoms with Crippen molar-refractivity contribution in [2.75, 3.05) is 17.6 Å². The van der Waals surface area contributed by atoms with E-state index in [1.807, 2.05) is 24.3 Å². The van der Waals surface area contributed by atoms with Crippen molar-refractivity contribution >= 4 is 34.3 Å². The zero-order valence-corrected chi connectivity index (χ0v) is 12.7. The molecule has 1 aromatic heterocycles. The topological polar surface area (TPSA) is 54.9 Å². The third kappa shape index (κ3) is 3.93. The van der Waals surface area contributed by atoms with Crippen molar-refractivity contribution in [3.63, 3.8) is 0 Å². The second-order valence-corrected chi connectivity index (χ2v) is 5.62. The molecule has 5 heteroatoms. The summed E-state index contributed by atoms with van der Waals surface area (Å²) in [5.74, 6) is 1.98. The van der Waals surface area contributed by atoms with Crippen molar-refractivity contribution in [2.24, 2.45) is 0 Å². The van der Waals surface area contributed by atoms with Gasteiger partial charge in [-0.2, -0.15) is 0 Å². The Kier molecular flexibility index (Phi) is 5.35. The number of carbonyl (C=O) groups excluding carboxylic acids is 1. The lowest BCUT2D eigenvalue weighted by molar-refractivity contribution is -0.117. The number of ketones is 1. The van der Waals surface area contributed by atoms with Crippen LogP contribution in [0.15, 0.2) is 29.4 Å². The molecule has 0 saturated heterocycles. The first kappa shape index (κ1) is 14.8. The molecular formula is C15H19N3OS. The first-order valence-electron chi connectivity index (χ1n) is 6.83. The lowest BCUT2D eigenvalue weighted by Crippen LogP contribution is -2.02. The monoisotopic (exact) mass is 289 g/mol. The highest BCUT2D eigenvalue weighted by atomic mass is 32.2. The third-order valence-corrected chi connectivity index (χ3v) is 3.76. The first-order valence-corrected chi connectivity index (χ1v) is 7.82. The molecular weight excluding hydrogens is 270 g/mol. The number of nitrogens with zero attached hydrogens (tertiary/aromatic N) is 2. The molecule has 0 atom stereocenters. The second kappa shape index (κ2) is 7.24. The summed E-state index contributed by atoms with van der Waals surface area (Å²) in [5, 5.41) is 5.09. The minimum Gasteiger partial charge on any atom is -0.370 e. The van der Waals surface area contributed by atoms with Crippen LogP contribution in [0.2, 0.25) is 0 Å². The van der Waals surface area contributed by atoms with Gasteiger partial charge in [0.2, 0.25) is 0 Å². The Morgan fingerprint density at radius 2 is 2.10 bits per heavy atom. The number of carbonyl (C=O) groups is 1. The lowest BCUT2D eigenvalue weighted by atomic mass is 10.2. The van der Waals surface area contributed by atoms with Crippen molar-refractivity contribution in [3.8, 4) is 0 Å². The maximum absolute atomic E-state index is 10.9. The van der Waals surface area contributed by atoms with E-state index >= 15 is 0 Å². The van der Waals surface area contributed by atoms with E-state index < -0.39 is 0 Å². The molecule has 0 aliphatic heterocycles. The van der Waals surface area contributed by atoms with E-state index in [2.05, 4.69) is 22.2 Å². The number of thioether (sulfide) groups is 1. The fourth-order valence-corrected chi connectivity index (χ4v) is 2.70. The number of nitrogens with one attached hydrogen (secondary N) is 1. The summed E-state index contributed by atoms with van der Waals surface area (Å²) in [6, 6.07) is 8.00. The van der Waals surface area contributed by atoms with Gasteiger partial charge >= 0.3 is 0 Å². The Morgan fingerprint density at radius 3 is 2.85 bits per heavy atom. The quantitative estimate of drug-likeness (QED) is 0.480. The number of benzene rings is 1. The standard InChI is InChI=1S/C15H19N3OS/c1-3-16-14-12-8-4-5-9-13(12)17-15(18-14)20-10-6-7-11(2)19/h4-5,8-9H,3,6-7,10H2,1-2H3,(H,16,17,18). The minimum atomic E-state index is 0.235. The van der Waals surface area contributed by atoms with Crippen LogP contribution in [0.4, 0.5) is 5.82 Å². The zero-order valence-electron chi connectivity index (χ0n) is 11.8. The molecule has 106 valence electrons. The first-order chi connectivity index (χ1) is 9.70. The molecule has 0 aliphatic rings. The van der Waals surface area contributed by atoms with Gasteiger partial charge in [0, 0.05) is 24.1 Å². The van der Waals surface area contributed by atoms with Crippen molar-refractivity contribution in [2.45, 2.75) is 31.8 Å². The summed E-state index contributed by atoms with van der Waals surface area (Å²) in [5.41, 5.74) is 0.951. The van der Waals surface area contributed by atoms with Gasteiger partial charge in [-0.3, -0.25) is 0 Å². The minimum absolute atomic E-state index is 0.235. The Morgan fingerprint density at radius 1 is 1.30 bits per heavy atom. The van der Waals surface area contributed by atoms with Crippen LogP contribution in [0.3, 0.4) is 0 Å². The molecule has 0 unspecified atom stereocenters. The predicted octanol–water partition coefficient (Wildman–Crippen LogP) is 3.52. The van der Waals surface area contributed by atoms with Crippen molar-refractivity contribution in [1.82, 2.24) is 9.97 Å². The second-order valence-electron chi connectivity index (χ2n) is 4.56. The normalized spacial score (nSPS) is 10.7. The number of hydrogen-bond acceptors (Lipinski definition) is 5. The SMILES string of the molecule is CCNc1nc(SCCCC(C)=O)nc2ccccc12. The van der Waals surface area contributed by atoms with E-state index in [0.717, 1.165) is 40.6 Å². The van der Waals surface area contributed by atoms with Gasteiger partial charge in [-0.15, -0.1) is 0 Å². The maximum Gasteiger partial charge on any atom is 0.190 e. The molecule has 1 heterocycles. The summed E-state index contributed by atoms with van der Waals surface area (Å²) in [6.45, 7) is 4.51. The van der Waals surface area contributed by atoms with Crippen LogP contribution in [0, 0.1) is 0 Å². The number of fused-ring (bicyclic) bond motifs is 1. The number of hydrogen-bond donors (Lipinski definition) is 1. The van der Waals surface area contributed by atoms with Gasteiger partial charge in [0.05, 0.1) is 5.52 Å². The maximum atomic E-state index is 10.9. The molecule has 0 aliphatic carbocycles. The van der Waals surface area contributed by atoms with E-state index in [1.165, 1.54) is 0 Å². The molecule has 1 aromatic carbocycles. The van der Waals surface area contributed by atoms with E-state index in [9.17, 15) is 4.79 Å². The highest BCUT2D eigenvalue weighted by Crippen LogP contribution is 2.24. The molecule has 0 amide bonds. The molecule has 0 fully saturated rings. The van der Waals surface area contributed by atoms with Crippen LogP contribution in [-0.4, -0.2) is 28.0 Å². The van der Waals surface area contributed by atoms with Crippen LogP contribution in [0.5, 0.6) is 0 Å². The summed E-state index contributed by atoms with van der Waals surface area (Å²) in [4.78, 5) is 20.0. The Hall–Kier alpha value is -1.62. The van der Waals surface area contributed by atoms with Gasteiger partial charge in [-0.05, 0) is 32.4 Å². The van der Waals surface area contributed by atoms with Crippen LogP contribution >= 0.6 is 11.8 Å². The molecule has 0 saturated carbocycles. The molecule has 20 heavy (non-hydrogen) atoms. The van der Waals surface area contributed by atoms with Gasteiger partial charge in [-0.25, -0.2) is 9.97 Å². The van der Waals surface area contributed by atoms with E-state index in [1.54, 1.807) is 18.7 Å². The number of para-hydroxylation sites is 1. The summed E-state index contributed by atoms with van der Waals surface area (Å²) < 4.78 is 0. The van der Waals surface area contributed by atoms with Gasteiger partial charge in [0.25, 0.3) is 0 Å². The molecule has 0 radical (unpaired) electrons. The van der Waals surface area contributed by atoms with Gasteiger partial charge < -0.3 is 10.1 Å². The third-order valence-electron chi connectivity index (χ3n) is 2.83. The van der Waals surface area contributed by atoms with Gasteiger partial charge in [-0.1, -0.05) is 23.9 Å². The van der Waals surface area contributed by atoms with Crippen molar-refractivity contribution in [3.05, 3.63) is 24.3 Å². The van der Waals surface area contributed by atoms with Crippen LogP contribution < -0.4 is 5.32 Å². The number of Topliss-reactive ketones (excluding diaryl/α,β-unsaturated/α-hetero) is 1. The number of aromatic nitrogens is 2. The van der Waals surface area contributed by atoms with Gasteiger partial charge in [0.1, 0.15) is 11.6 Å². The van der Waals surface area contributed by atoms with E-state index in [0.29, 0.717) is 6.42 Å². The van der Waals surface area contributed by atoms with Crippen molar-refractivity contribution in [1.29, 1.82) is 0 Å². The number of anilines is 1. The fourth-order valence-electron chi connectivity index (χ4n) is 1.91. The Balaban J connectivity index is 2.15. The lowest BCUT2D eigenvalue weighted by Gasteiger charge is -2.08. The summed E-state index contributed by atoms with van der Waals surface area (Å²) in [6.07, 6.45) is 1.49. The summed E-state index contributed by atoms with van der Waals surface area (Å²) >= 11 is 1.60. The van der Waals surface area contributed by atoms with Crippen LogP contribution in [0.25, 0.3) is 10.9 Å². The fraction of sp³-hybridized carbons (Fsp3) is 0.400. The van der Waals surface area contributed by atoms with E-state index in [-0.39, 0.29) is 5.78 Å². The average Bonchev–Trinajstić information content (AvgIpc) is 2.44. The predicted molar refractivity (Wildman–Crippen MR) is 84.3 cm³/mol. The summed E-state index contributed by atoms with van der Waals surface area (Å²) in [7, 11) is 0. The van der Waals surface area contributed by atoms with Gasteiger partial charge in [0.15, 0.2) is 5.16 Å². The Bertz CT molecular complexity index is 601. The van der Waals surface area contributed by atoms with E-state index in [4.69, 9.17) is 0 Å². The zero-order chi connectivity index (χ0) is 14.4. The Labute approximate surface area is 123 Å². The highest BCUT2D eigenvalue weighted by Gasteiger charge is 2.07. The largest absolute Gasteiger partial charge is 0.370 e. The molecule has 0 spiro atoms. The molecule has 1 N–H and O–H groups in total. The molecule has 2 aromatic rings. The number of rotatable bonds is 7. The molecule has 0 bridgehead atoms. The molecule has 2 rings (SSSR count). The van der Waals surface area contributed by atoms with Crippen molar-refractivity contribution < 1.29 is 4.79 Å².